The van der Waals surface area contributed by atoms with E-state index in [4.69, 9.17) is 0 Å². The molecule has 1 aromatic carbocycles. The number of urea groups is 1. The van der Waals surface area contributed by atoms with Crippen LogP contribution in [0.3, 0.4) is 0 Å². The topological polar surface area (TPSA) is 70.2 Å². The van der Waals surface area contributed by atoms with E-state index >= 15 is 0 Å². The number of hydrogen-bond donors (Lipinski definition) is 3. The van der Waals surface area contributed by atoms with Crippen molar-refractivity contribution in [3.63, 3.8) is 0 Å². The predicted molar refractivity (Wildman–Crippen MR) is 79.6 cm³/mol. The molecule has 0 fully saturated rings. The van der Waals surface area contributed by atoms with Crippen LogP contribution in [0.1, 0.15) is 43.6 Å². The first-order valence-corrected chi connectivity index (χ1v) is 6.82. The third-order valence-corrected chi connectivity index (χ3v) is 2.51. The van der Waals surface area contributed by atoms with Crippen LogP contribution >= 0.6 is 0 Å². The molecule has 0 aliphatic rings. The quantitative estimate of drug-likeness (QED) is 0.770. The highest BCUT2D eigenvalue weighted by atomic mass is 16.2. The standard InChI is InChI=1S/C15H23N3O2/c1-10(2)17-14(19)13-7-5-12(6-8-13)9-16-15(20)18-11(3)4/h5-8,10-11H,9H2,1-4H3,(H,17,19)(H2,16,18,20). The van der Waals surface area contributed by atoms with Crippen molar-refractivity contribution in [2.75, 3.05) is 0 Å². The Kier molecular flexibility index (Phi) is 6.03. The first kappa shape index (κ1) is 16.0. The number of carbonyl (C=O) groups is 2. The lowest BCUT2D eigenvalue weighted by Gasteiger charge is -2.11. The second-order valence-corrected chi connectivity index (χ2v) is 5.31. The fourth-order valence-electron chi connectivity index (χ4n) is 1.62. The van der Waals surface area contributed by atoms with Crippen molar-refractivity contribution in [2.45, 2.75) is 46.3 Å². The van der Waals surface area contributed by atoms with Gasteiger partial charge in [-0.25, -0.2) is 4.79 Å². The Hall–Kier alpha value is -2.04. The van der Waals surface area contributed by atoms with Crippen molar-refractivity contribution in [3.05, 3.63) is 35.4 Å². The summed E-state index contributed by atoms with van der Waals surface area (Å²) in [6.45, 7) is 8.08. The zero-order valence-electron chi connectivity index (χ0n) is 12.5. The number of carbonyl (C=O) groups excluding carboxylic acids is 2. The van der Waals surface area contributed by atoms with E-state index in [0.717, 1.165) is 5.56 Å². The van der Waals surface area contributed by atoms with Crippen molar-refractivity contribution in [1.82, 2.24) is 16.0 Å². The first-order valence-electron chi connectivity index (χ1n) is 6.82. The van der Waals surface area contributed by atoms with Crippen LogP contribution in [0.25, 0.3) is 0 Å². The van der Waals surface area contributed by atoms with Crippen molar-refractivity contribution in [2.24, 2.45) is 0 Å². The zero-order valence-corrected chi connectivity index (χ0v) is 12.5. The van der Waals surface area contributed by atoms with Gasteiger partial charge in [0.25, 0.3) is 5.91 Å². The van der Waals surface area contributed by atoms with E-state index < -0.39 is 0 Å². The largest absolute Gasteiger partial charge is 0.350 e. The minimum Gasteiger partial charge on any atom is -0.350 e. The second-order valence-electron chi connectivity index (χ2n) is 5.31. The molecule has 0 aliphatic carbocycles. The van der Waals surface area contributed by atoms with Gasteiger partial charge >= 0.3 is 6.03 Å². The third-order valence-electron chi connectivity index (χ3n) is 2.51. The lowest BCUT2D eigenvalue weighted by Crippen LogP contribution is -2.39. The molecule has 0 bridgehead atoms. The molecule has 0 atom stereocenters. The number of nitrogens with one attached hydrogen (secondary N) is 3. The molecule has 0 saturated heterocycles. The average molecular weight is 277 g/mol. The molecule has 5 heteroatoms. The van der Waals surface area contributed by atoms with Crippen LogP contribution < -0.4 is 16.0 Å². The van der Waals surface area contributed by atoms with Gasteiger partial charge in [0, 0.05) is 24.2 Å². The van der Waals surface area contributed by atoms with Crippen LogP contribution in [0.2, 0.25) is 0 Å². The summed E-state index contributed by atoms with van der Waals surface area (Å²) in [6.07, 6.45) is 0. The van der Waals surface area contributed by atoms with E-state index in [2.05, 4.69) is 16.0 Å². The van der Waals surface area contributed by atoms with E-state index in [-0.39, 0.29) is 24.0 Å². The van der Waals surface area contributed by atoms with E-state index in [1.54, 1.807) is 12.1 Å². The molecule has 3 N–H and O–H groups in total. The second kappa shape index (κ2) is 7.53. The van der Waals surface area contributed by atoms with Gasteiger partial charge in [-0.1, -0.05) is 12.1 Å². The maximum atomic E-state index is 11.8. The summed E-state index contributed by atoms with van der Waals surface area (Å²) in [6, 6.07) is 7.22. The number of benzene rings is 1. The minimum atomic E-state index is -0.193. The molecule has 0 saturated carbocycles. The molecule has 5 nitrogen and oxygen atoms in total. The van der Waals surface area contributed by atoms with Gasteiger partial charge in [0.1, 0.15) is 0 Å². The van der Waals surface area contributed by atoms with Gasteiger partial charge in [0.05, 0.1) is 0 Å². The summed E-state index contributed by atoms with van der Waals surface area (Å²) in [4.78, 5) is 23.2. The van der Waals surface area contributed by atoms with Crippen molar-refractivity contribution >= 4 is 11.9 Å². The molecular formula is C15H23N3O2. The molecular weight excluding hydrogens is 254 g/mol. The van der Waals surface area contributed by atoms with Gasteiger partial charge in [-0.2, -0.15) is 0 Å². The maximum absolute atomic E-state index is 11.8. The molecule has 1 aromatic rings. The number of amides is 3. The molecule has 0 unspecified atom stereocenters. The van der Waals surface area contributed by atoms with Gasteiger partial charge in [-0.3, -0.25) is 4.79 Å². The molecule has 110 valence electrons. The van der Waals surface area contributed by atoms with Gasteiger partial charge in [-0.05, 0) is 45.4 Å². The Morgan fingerprint density at radius 1 is 0.950 bits per heavy atom. The van der Waals surface area contributed by atoms with Crippen LogP contribution in [0.4, 0.5) is 4.79 Å². The molecule has 0 aliphatic heterocycles. The molecule has 1 rings (SSSR count). The van der Waals surface area contributed by atoms with Gasteiger partial charge < -0.3 is 16.0 Å². The molecule has 0 spiro atoms. The highest BCUT2D eigenvalue weighted by Gasteiger charge is 2.07. The average Bonchev–Trinajstić information content (AvgIpc) is 2.35. The van der Waals surface area contributed by atoms with Gasteiger partial charge in [0.2, 0.25) is 0 Å². The van der Waals surface area contributed by atoms with Crippen LogP contribution in [-0.2, 0) is 6.54 Å². The van der Waals surface area contributed by atoms with E-state index in [0.29, 0.717) is 12.1 Å². The van der Waals surface area contributed by atoms with E-state index in [1.807, 2.05) is 39.8 Å². The summed E-state index contributed by atoms with van der Waals surface area (Å²) < 4.78 is 0. The third kappa shape index (κ3) is 5.73. The Morgan fingerprint density at radius 2 is 1.50 bits per heavy atom. The summed E-state index contributed by atoms with van der Waals surface area (Å²) >= 11 is 0. The monoisotopic (exact) mass is 277 g/mol. The van der Waals surface area contributed by atoms with Crippen LogP contribution in [0, 0.1) is 0 Å². The van der Waals surface area contributed by atoms with Crippen molar-refractivity contribution < 1.29 is 9.59 Å². The minimum absolute atomic E-state index is 0.0861. The zero-order chi connectivity index (χ0) is 15.1. The molecule has 20 heavy (non-hydrogen) atoms. The highest BCUT2D eigenvalue weighted by Crippen LogP contribution is 2.04. The lowest BCUT2D eigenvalue weighted by atomic mass is 10.1. The van der Waals surface area contributed by atoms with E-state index in [9.17, 15) is 9.59 Å². The smallest absolute Gasteiger partial charge is 0.315 e. The Balaban J connectivity index is 2.50. The molecule has 0 heterocycles. The number of hydrogen-bond acceptors (Lipinski definition) is 2. The number of rotatable bonds is 5. The fourth-order valence-corrected chi connectivity index (χ4v) is 1.62. The predicted octanol–water partition coefficient (Wildman–Crippen LogP) is 2.03. The Bertz CT molecular complexity index is 453. The molecule has 3 amide bonds. The highest BCUT2D eigenvalue weighted by molar-refractivity contribution is 5.94. The van der Waals surface area contributed by atoms with Crippen LogP contribution in [0.15, 0.2) is 24.3 Å². The molecule has 0 aromatic heterocycles. The Morgan fingerprint density at radius 3 is 2.00 bits per heavy atom. The van der Waals surface area contributed by atoms with Gasteiger partial charge in [0.15, 0.2) is 0 Å². The molecule has 0 radical (unpaired) electrons. The fraction of sp³-hybridized carbons (Fsp3) is 0.467. The first-order chi connectivity index (χ1) is 9.38. The Labute approximate surface area is 120 Å². The van der Waals surface area contributed by atoms with Crippen LogP contribution in [0.5, 0.6) is 0 Å². The van der Waals surface area contributed by atoms with Crippen molar-refractivity contribution in [1.29, 1.82) is 0 Å². The van der Waals surface area contributed by atoms with E-state index in [1.165, 1.54) is 0 Å². The summed E-state index contributed by atoms with van der Waals surface area (Å²) in [5.74, 6) is -0.0861. The normalized spacial score (nSPS) is 10.5. The maximum Gasteiger partial charge on any atom is 0.315 e. The van der Waals surface area contributed by atoms with Crippen molar-refractivity contribution in [3.8, 4) is 0 Å². The van der Waals surface area contributed by atoms with Gasteiger partial charge in [-0.15, -0.1) is 0 Å². The summed E-state index contributed by atoms with van der Waals surface area (Å²) in [5.41, 5.74) is 1.57. The lowest BCUT2D eigenvalue weighted by molar-refractivity contribution is 0.0943. The van der Waals surface area contributed by atoms with Crippen LogP contribution in [-0.4, -0.2) is 24.0 Å². The SMILES string of the molecule is CC(C)NC(=O)NCc1ccc(C(=O)NC(C)C)cc1. The summed E-state index contributed by atoms with van der Waals surface area (Å²) in [7, 11) is 0. The summed E-state index contributed by atoms with van der Waals surface area (Å²) in [5, 5.41) is 8.34.